The summed E-state index contributed by atoms with van der Waals surface area (Å²) in [6.45, 7) is 13.3. The Labute approximate surface area is 119 Å². The molecule has 0 aromatic heterocycles. The number of rotatable bonds is 4. The molecule has 2 heteroatoms. The number of hydrogen-bond donors (Lipinski definition) is 0. The van der Waals surface area contributed by atoms with Gasteiger partial charge in [0, 0.05) is 6.42 Å². The molecular formula is C17H32O2. The van der Waals surface area contributed by atoms with Crippen molar-refractivity contribution in [3.05, 3.63) is 0 Å². The van der Waals surface area contributed by atoms with Crippen LogP contribution in [0.15, 0.2) is 0 Å². The minimum Gasteiger partial charge on any atom is -0.462 e. The van der Waals surface area contributed by atoms with E-state index in [4.69, 9.17) is 4.74 Å². The predicted octanol–water partition coefficient (Wildman–Crippen LogP) is 4.82. The van der Waals surface area contributed by atoms with Crippen molar-refractivity contribution < 1.29 is 9.53 Å². The smallest absolute Gasteiger partial charge is 0.306 e. The van der Waals surface area contributed by atoms with Gasteiger partial charge >= 0.3 is 5.97 Å². The molecule has 0 aromatic carbocycles. The van der Waals surface area contributed by atoms with Crippen LogP contribution in [0.25, 0.3) is 0 Å². The highest BCUT2D eigenvalue weighted by Gasteiger charge is 2.33. The summed E-state index contributed by atoms with van der Waals surface area (Å²) in [7, 11) is 0. The summed E-state index contributed by atoms with van der Waals surface area (Å²) in [6, 6.07) is 0. The fraction of sp³-hybridized carbons (Fsp3) is 0.941. The molecule has 0 radical (unpaired) electrons. The van der Waals surface area contributed by atoms with E-state index in [1.807, 2.05) is 0 Å². The van der Waals surface area contributed by atoms with Gasteiger partial charge in [-0.3, -0.25) is 4.79 Å². The second kappa shape index (κ2) is 6.76. The summed E-state index contributed by atoms with van der Waals surface area (Å²) < 4.78 is 5.79. The lowest BCUT2D eigenvalue weighted by Crippen LogP contribution is -2.36. The van der Waals surface area contributed by atoms with Crippen LogP contribution in [0, 0.1) is 23.2 Å². The summed E-state index contributed by atoms with van der Waals surface area (Å²) in [6.07, 6.45) is 5.13. The molecular weight excluding hydrogens is 236 g/mol. The Morgan fingerprint density at radius 3 is 2.42 bits per heavy atom. The van der Waals surface area contributed by atoms with Crippen molar-refractivity contribution >= 4 is 5.97 Å². The molecule has 3 atom stereocenters. The molecule has 1 aliphatic rings. The summed E-state index contributed by atoms with van der Waals surface area (Å²) in [5, 5.41) is 0. The Morgan fingerprint density at radius 1 is 1.26 bits per heavy atom. The zero-order valence-corrected chi connectivity index (χ0v) is 13.7. The Hall–Kier alpha value is -0.530. The van der Waals surface area contributed by atoms with Crippen LogP contribution in [0.2, 0.25) is 0 Å². The first-order chi connectivity index (χ1) is 8.69. The molecule has 0 spiro atoms. The first-order valence-corrected chi connectivity index (χ1v) is 7.88. The normalized spacial score (nSPS) is 28.5. The molecule has 0 unspecified atom stereocenters. The van der Waals surface area contributed by atoms with Gasteiger partial charge in [0.1, 0.15) is 6.10 Å². The lowest BCUT2D eigenvalue weighted by molar-refractivity contribution is -0.156. The highest BCUT2D eigenvalue weighted by molar-refractivity contribution is 5.69. The zero-order valence-electron chi connectivity index (χ0n) is 13.7. The van der Waals surface area contributed by atoms with Gasteiger partial charge in [-0.1, -0.05) is 48.0 Å². The van der Waals surface area contributed by atoms with E-state index in [-0.39, 0.29) is 17.5 Å². The van der Waals surface area contributed by atoms with Gasteiger partial charge in [0.2, 0.25) is 0 Å². The molecule has 112 valence electrons. The van der Waals surface area contributed by atoms with E-state index < -0.39 is 0 Å². The van der Waals surface area contributed by atoms with Crippen LogP contribution in [-0.2, 0) is 9.53 Å². The van der Waals surface area contributed by atoms with E-state index >= 15 is 0 Å². The number of hydrogen-bond acceptors (Lipinski definition) is 2. The third-order valence-corrected chi connectivity index (χ3v) is 4.32. The van der Waals surface area contributed by atoms with E-state index in [2.05, 4.69) is 41.5 Å². The minimum atomic E-state index is -0.000301. The topological polar surface area (TPSA) is 26.3 Å². The standard InChI is InChI=1S/C17H32O2/c1-12(2)14-8-7-13(3)11-15(14)19-16(18)9-10-17(4,5)6/h12-15H,7-11H2,1-6H3/t13-,14+,15-/m1/s1. The van der Waals surface area contributed by atoms with Gasteiger partial charge in [-0.05, 0) is 42.4 Å². The maximum atomic E-state index is 12.0. The van der Waals surface area contributed by atoms with Crippen molar-refractivity contribution in [1.82, 2.24) is 0 Å². The molecule has 1 rings (SSSR count). The van der Waals surface area contributed by atoms with E-state index in [0.717, 1.165) is 12.8 Å². The maximum Gasteiger partial charge on any atom is 0.306 e. The lowest BCUT2D eigenvalue weighted by atomic mass is 9.75. The van der Waals surface area contributed by atoms with Crippen LogP contribution in [0.1, 0.15) is 73.6 Å². The molecule has 0 saturated heterocycles. The van der Waals surface area contributed by atoms with Gasteiger partial charge in [-0.15, -0.1) is 0 Å². The van der Waals surface area contributed by atoms with Crippen LogP contribution < -0.4 is 0 Å². The van der Waals surface area contributed by atoms with Gasteiger partial charge in [-0.25, -0.2) is 0 Å². The first kappa shape index (κ1) is 16.5. The minimum absolute atomic E-state index is 0.000301. The monoisotopic (exact) mass is 268 g/mol. The van der Waals surface area contributed by atoms with Crippen LogP contribution in [0.3, 0.4) is 0 Å². The molecule has 0 aromatic rings. The molecule has 0 heterocycles. The molecule has 0 amide bonds. The average Bonchev–Trinajstić information content (AvgIpc) is 2.25. The molecule has 1 saturated carbocycles. The van der Waals surface area contributed by atoms with Crippen molar-refractivity contribution in [1.29, 1.82) is 0 Å². The fourth-order valence-electron chi connectivity index (χ4n) is 2.96. The number of carbonyl (C=O) groups excluding carboxylic acids is 1. The molecule has 0 N–H and O–H groups in total. The first-order valence-electron chi connectivity index (χ1n) is 7.88. The summed E-state index contributed by atoms with van der Waals surface area (Å²) in [4.78, 5) is 12.0. The Morgan fingerprint density at radius 2 is 1.89 bits per heavy atom. The second-order valence-electron chi connectivity index (χ2n) is 7.92. The SMILES string of the molecule is CC(C)[C@@H]1CC[C@@H](C)C[C@H]1OC(=O)CCC(C)(C)C. The van der Waals surface area contributed by atoms with Gasteiger partial charge < -0.3 is 4.74 Å². The molecule has 19 heavy (non-hydrogen) atoms. The van der Waals surface area contributed by atoms with Crippen molar-refractivity contribution in [2.24, 2.45) is 23.2 Å². The number of esters is 1. The van der Waals surface area contributed by atoms with E-state index in [9.17, 15) is 4.79 Å². The van der Waals surface area contributed by atoms with E-state index in [1.54, 1.807) is 0 Å². The van der Waals surface area contributed by atoms with Crippen LogP contribution in [-0.4, -0.2) is 12.1 Å². The number of ether oxygens (including phenoxy) is 1. The largest absolute Gasteiger partial charge is 0.462 e. The molecule has 1 fully saturated rings. The van der Waals surface area contributed by atoms with E-state index in [1.165, 1.54) is 12.8 Å². The highest BCUT2D eigenvalue weighted by atomic mass is 16.5. The van der Waals surface area contributed by atoms with Crippen molar-refractivity contribution in [2.45, 2.75) is 79.8 Å². The lowest BCUT2D eigenvalue weighted by Gasteiger charge is -2.36. The second-order valence-corrected chi connectivity index (χ2v) is 7.92. The maximum absolute atomic E-state index is 12.0. The summed E-state index contributed by atoms with van der Waals surface area (Å²) >= 11 is 0. The third-order valence-electron chi connectivity index (χ3n) is 4.32. The molecule has 0 aliphatic heterocycles. The van der Waals surface area contributed by atoms with Crippen molar-refractivity contribution in [2.75, 3.05) is 0 Å². The van der Waals surface area contributed by atoms with E-state index in [0.29, 0.717) is 24.2 Å². The zero-order chi connectivity index (χ0) is 14.6. The average molecular weight is 268 g/mol. The van der Waals surface area contributed by atoms with Gasteiger partial charge in [-0.2, -0.15) is 0 Å². The Bertz CT molecular complexity index is 288. The Kier molecular flexibility index (Phi) is 5.88. The van der Waals surface area contributed by atoms with Crippen LogP contribution >= 0.6 is 0 Å². The predicted molar refractivity (Wildman–Crippen MR) is 79.9 cm³/mol. The highest BCUT2D eigenvalue weighted by Crippen LogP contribution is 2.35. The van der Waals surface area contributed by atoms with Crippen molar-refractivity contribution in [3.8, 4) is 0 Å². The van der Waals surface area contributed by atoms with Gasteiger partial charge in [0.05, 0.1) is 0 Å². The summed E-state index contributed by atoms with van der Waals surface area (Å²) in [5.74, 6) is 1.85. The Balaban J connectivity index is 2.49. The quantitative estimate of drug-likeness (QED) is 0.683. The molecule has 0 bridgehead atoms. The molecule has 2 nitrogen and oxygen atoms in total. The third kappa shape index (κ3) is 5.97. The summed E-state index contributed by atoms with van der Waals surface area (Å²) in [5.41, 5.74) is 0.205. The molecule has 1 aliphatic carbocycles. The van der Waals surface area contributed by atoms with Gasteiger partial charge in [0.25, 0.3) is 0 Å². The van der Waals surface area contributed by atoms with Gasteiger partial charge in [0.15, 0.2) is 0 Å². The van der Waals surface area contributed by atoms with Crippen LogP contribution in [0.5, 0.6) is 0 Å². The fourth-order valence-corrected chi connectivity index (χ4v) is 2.96. The van der Waals surface area contributed by atoms with Crippen molar-refractivity contribution in [3.63, 3.8) is 0 Å². The number of carbonyl (C=O) groups is 1. The van der Waals surface area contributed by atoms with Crippen LogP contribution in [0.4, 0.5) is 0 Å².